The fourth-order valence-electron chi connectivity index (χ4n) is 2.68. The molecule has 2 unspecified atom stereocenters. The van der Waals surface area contributed by atoms with Crippen molar-refractivity contribution in [1.82, 2.24) is 4.90 Å². The third kappa shape index (κ3) is 3.07. The van der Waals surface area contributed by atoms with Crippen LogP contribution in [0.1, 0.15) is 31.4 Å². The molecule has 1 aromatic heterocycles. The second kappa shape index (κ2) is 5.96. The highest BCUT2D eigenvalue weighted by Gasteiger charge is 2.28. The summed E-state index contributed by atoms with van der Waals surface area (Å²) in [7, 11) is 1.81. The van der Waals surface area contributed by atoms with Gasteiger partial charge in [-0.15, -0.1) is 0 Å². The maximum Gasteiger partial charge on any atom is 0.0595 e. The van der Waals surface area contributed by atoms with Crippen molar-refractivity contribution in [2.75, 3.05) is 20.2 Å². The third-order valence-electron chi connectivity index (χ3n) is 3.59. The van der Waals surface area contributed by atoms with E-state index in [-0.39, 0.29) is 6.04 Å². The fraction of sp³-hybridized carbons (Fsp3) is 0.692. The van der Waals surface area contributed by atoms with E-state index in [1.807, 2.05) is 7.11 Å². The Hall–Kier alpha value is -0.420. The summed E-state index contributed by atoms with van der Waals surface area (Å²) in [5.74, 6) is 0. The smallest absolute Gasteiger partial charge is 0.0595 e. The molecule has 1 aromatic rings. The topological polar surface area (TPSA) is 38.5 Å². The zero-order chi connectivity index (χ0) is 12.3. The monoisotopic (exact) mass is 254 g/mol. The van der Waals surface area contributed by atoms with Gasteiger partial charge in [0.15, 0.2) is 0 Å². The molecule has 2 heterocycles. The van der Waals surface area contributed by atoms with Gasteiger partial charge in [-0.05, 0) is 42.2 Å². The van der Waals surface area contributed by atoms with Gasteiger partial charge in [0.25, 0.3) is 0 Å². The number of ether oxygens (including phenoxy) is 1. The summed E-state index contributed by atoms with van der Waals surface area (Å²) in [5, 5.41) is 4.35. The molecule has 0 amide bonds. The molecule has 2 rings (SSSR count). The number of piperidine rings is 1. The highest BCUT2D eigenvalue weighted by Crippen LogP contribution is 2.28. The molecular formula is C13H22N2OS. The number of hydrogen-bond acceptors (Lipinski definition) is 4. The molecule has 2 N–H and O–H groups in total. The van der Waals surface area contributed by atoms with Gasteiger partial charge >= 0.3 is 0 Å². The molecule has 17 heavy (non-hydrogen) atoms. The molecule has 0 aliphatic carbocycles. The molecule has 2 atom stereocenters. The van der Waals surface area contributed by atoms with Gasteiger partial charge in [0.1, 0.15) is 0 Å². The normalized spacial score (nSPS) is 22.5. The lowest BCUT2D eigenvalue weighted by Gasteiger charge is -2.38. The highest BCUT2D eigenvalue weighted by atomic mass is 32.1. The van der Waals surface area contributed by atoms with Crippen molar-refractivity contribution < 1.29 is 4.74 Å². The maximum atomic E-state index is 6.16. The number of likely N-dealkylation sites (tertiary alicyclic amines) is 1. The molecule has 1 saturated heterocycles. The van der Waals surface area contributed by atoms with Gasteiger partial charge in [-0.2, -0.15) is 11.3 Å². The van der Waals surface area contributed by atoms with Crippen molar-refractivity contribution in [3.63, 3.8) is 0 Å². The van der Waals surface area contributed by atoms with Gasteiger partial charge < -0.3 is 10.5 Å². The Kier molecular flexibility index (Phi) is 4.56. The first-order valence-corrected chi connectivity index (χ1v) is 7.21. The van der Waals surface area contributed by atoms with Crippen LogP contribution in [0.15, 0.2) is 16.8 Å². The Labute approximate surface area is 108 Å². The Morgan fingerprint density at radius 2 is 2.18 bits per heavy atom. The average molecular weight is 254 g/mol. The van der Waals surface area contributed by atoms with Crippen LogP contribution in [0.4, 0.5) is 0 Å². The lowest BCUT2D eigenvalue weighted by atomic mass is 9.98. The Balaban J connectivity index is 2.03. The molecule has 0 bridgehead atoms. The Morgan fingerprint density at radius 3 is 2.65 bits per heavy atom. The third-order valence-corrected chi connectivity index (χ3v) is 4.29. The minimum atomic E-state index is 0.170. The van der Waals surface area contributed by atoms with Crippen molar-refractivity contribution in [2.45, 2.75) is 38.0 Å². The van der Waals surface area contributed by atoms with E-state index in [9.17, 15) is 0 Å². The van der Waals surface area contributed by atoms with E-state index in [1.165, 1.54) is 5.56 Å². The van der Waals surface area contributed by atoms with Crippen molar-refractivity contribution in [3.05, 3.63) is 22.4 Å². The summed E-state index contributed by atoms with van der Waals surface area (Å²) < 4.78 is 5.41. The van der Waals surface area contributed by atoms with Crippen LogP contribution in [-0.2, 0) is 4.74 Å². The highest BCUT2D eigenvalue weighted by molar-refractivity contribution is 7.07. The molecule has 3 nitrogen and oxygen atoms in total. The molecule has 4 heteroatoms. The molecule has 96 valence electrons. The van der Waals surface area contributed by atoms with Gasteiger partial charge in [0.05, 0.1) is 12.1 Å². The molecule has 1 aliphatic rings. The summed E-state index contributed by atoms with van der Waals surface area (Å²) in [6.45, 7) is 4.27. The summed E-state index contributed by atoms with van der Waals surface area (Å²) in [5.41, 5.74) is 7.52. The average Bonchev–Trinajstić information content (AvgIpc) is 2.83. The van der Waals surface area contributed by atoms with Gasteiger partial charge in [-0.1, -0.05) is 0 Å². The van der Waals surface area contributed by atoms with Crippen LogP contribution in [0.3, 0.4) is 0 Å². The quantitative estimate of drug-likeness (QED) is 0.895. The molecule has 0 spiro atoms. The molecule has 0 radical (unpaired) electrons. The van der Waals surface area contributed by atoms with E-state index in [2.05, 4.69) is 28.7 Å². The SMILES string of the molecule is COC1CCN(C(c2ccsc2)C(C)N)CC1. The first kappa shape index (κ1) is 13.0. The number of nitrogens with zero attached hydrogens (tertiary/aromatic N) is 1. The minimum absolute atomic E-state index is 0.170. The number of nitrogens with two attached hydrogens (primary N) is 1. The predicted octanol–water partition coefficient (Wildman–Crippen LogP) is 2.25. The number of rotatable bonds is 4. The van der Waals surface area contributed by atoms with Gasteiger partial charge in [-0.3, -0.25) is 4.90 Å². The van der Waals surface area contributed by atoms with E-state index < -0.39 is 0 Å². The van der Waals surface area contributed by atoms with E-state index in [4.69, 9.17) is 10.5 Å². The summed E-state index contributed by atoms with van der Waals surface area (Å²) in [6, 6.07) is 2.73. The summed E-state index contributed by atoms with van der Waals surface area (Å²) in [4.78, 5) is 2.50. The first-order valence-electron chi connectivity index (χ1n) is 6.27. The standard InChI is InChI=1S/C13H22N2OS/c1-10(14)13(11-5-8-17-9-11)15-6-3-12(16-2)4-7-15/h5,8-10,12-13H,3-4,6-7,14H2,1-2H3. The van der Waals surface area contributed by atoms with E-state index in [0.29, 0.717) is 12.1 Å². The molecule has 1 fully saturated rings. The van der Waals surface area contributed by atoms with E-state index in [0.717, 1.165) is 25.9 Å². The van der Waals surface area contributed by atoms with Crippen molar-refractivity contribution in [1.29, 1.82) is 0 Å². The largest absolute Gasteiger partial charge is 0.381 e. The second-order valence-corrected chi connectivity index (χ2v) is 5.61. The molecule has 0 saturated carbocycles. The van der Waals surface area contributed by atoms with Crippen LogP contribution in [0.2, 0.25) is 0 Å². The lowest BCUT2D eigenvalue weighted by Crippen LogP contribution is -2.44. The Morgan fingerprint density at radius 1 is 1.47 bits per heavy atom. The summed E-state index contributed by atoms with van der Waals surface area (Å²) in [6.07, 6.45) is 2.66. The van der Waals surface area contributed by atoms with E-state index in [1.54, 1.807) is 11.3 Å². The van der Waals surface area contributed by atoms with Gasteiger partial charge in [0.2, 0.25) is 0 Å². The van der Waals surface area contributed by atoms with E-state index >= 15 is 0 Å². The maximum absolute atomic E-state index is 6.16. The second-order valence-electron chi connectivity index (χ2n) is 4.83. The van der Waals surface area contributed by atoms with Crippen LogP contribution < -0.4 is 5.73 Å². The van der Waals surface area contributed by atoms with Crippen LogP contribution in [-0.4, -0.2) is 37.2 Å². The molecule has 1 aliphatic heterocycles. The number of hydrogen-bond donors (Lipinski definition) is 1. The first-order chi connectivity index (χ1) is 8.22. The lowest BCUT2D eigenvalue weighted by molar-refractivity contribution is 0.0235. The zero-order valence-electron chi connectivity index (χ0n) is 10.6. The number of thiophene rings is 1. The molecular weight excluding hydrogens is 232 g/mol. The zero-order valence-corrected chi connectivity index (χ0v) is 11.5. The van der Waals surface area contributed by atoms with Crippen LogP contribution in [0, 0.1) is 0 Å². The fourth-order valence-corrected chi connectivity index (χ4v) is 3.37. The van der Waals surface area contributed by atoms with Gasteiger partial charge in [0, 0.05) is 26.2 Å². The number of methoxy groups -OCH3 is 1. The Bertz CT molecular complexity index is 318. The minimum Gasteiger partial charge on any atom is -0.381 e. The van der Waals surface area contributed by atoms with Crippen molar-refractivity contribution >= 4 is 11.3 Å². The van der Waals surface area contributed by atoms with Crippen LogP contribution in [0.5, 0.6) is 0 Å². The van der Waals surface area contributed by atoms with Gasteiger partial charge in [-0.25, -0.2) is 0 Å². The van der Waals surface area contributed by atoms with Crippen LogP contribution >= 0.6 is 11.3 Å². The summed E-state index contributed by atoms with van der Waals surface area (Å²) >= 11 is 1.75. The molecule has 0 aromatic carbocycles. The van der Waals surface area contributed by atoms with Crippen LogP contribution in [0.25, 0.3) is 0 Å². The van der Waals surface area contributed by atoms with Crippen molar-refractivity contribution in [2.24, 2.45) is 5.73 Å². The van der Waals surface area contributed by atoms with Crippen molar-refractivity contribution in [3.8, 4) is 0 Å². The predicted molar refractivity (Wildman–Crippen MR) is 72.3 cm³/mol.